The van der Waals surface area contributed by atoms with Gasteiger partial charge in [-0.2, -0.15) is 0 Å². The fourth-order valence-electron chi connectivity index (χ4n) is 3.25. The summed E-state index contributed by atoms with van der Waals surface area (Å²) in [6.07, 6.45) is 3.73. The number of anilines is 2. The van der Waals surface area contributed by atoms with Crippen LogP contribution in [0.4, 0.5) is 11.4 Å². The van der Waals surface area contributed by atoms with Gasteiger partial charge in [0.2, 0.25) is 0 Å². The van der Waals surface area contributed by atoms with E-state index >= 15 is 0 Å². The maximum absolute atomic E-state index is 12.1. The third kappa shape index (κ3) is 5.16. The highest BCUT2D eigenvalue weighted by Gasteiger charge is 2.16. The molecule has 4 rings (SSSR count). The van der Waals surface area contributed by atoms with Crippen LogP contribution in [-0.2, 0) is 14.1 Å². The van der Waals surface area contributed by atoms with Gasteiger partial charge in [-0.1, -0.05) is 36.4 Å². The molecule has 2 aromatic heterocycles. The van der Waals surface area contributed by atoms with Crippen LogP contribution >= 0.6 is 0 Å². The van der Waals surface area contributed by atoms with Gasteiger partial charge in [0.25, 0.3) is 11.8 Å². The monoisotopic (exact) mass is 428 g/mol. The van der Waals surface area contributed by atoms with Crippen LogP contribution in [0, 0.1) is 0 Å². The summed E-state index contributed by atoms with van der Waals surface area (Å²) in [4.78, 5) is 27.6. The molecular formula is C26H28N4O2. The second-order valence-electron chi connectivity index (χ2n) is 7.41. The Morgan fingerprint density at radius 3 is 1.19 bits per heavy atom. The quantitative estimate of drug-likeness (QED) is 0.477. The Morgan fingerprint density at radius 2 is 0.906 bits per heavy atom. The van der Waals surface area contributed by atoms with Crippen LogP contribution in [0.25, 0.3) is 0 Å². The van der Waals surface area contributed by atoms with Crippen molar-refractivity contribution in [3.8, 4) is 0 Å². The molecule has 0 N–H and O–H groups in total. The van der Waals surface area contributed by atoms with Crippen molar-refractivity contribution in [3.63, 3.8) is 0 Å². The molecule has 2 heterocycles. The first-order chi connectivity index (χ1) is 15.4. The molecule has 6 heteroatoms. The topological polar surface area (TPSA) is 50.5 Å². The average Bonchev–Trinajstić information content (AvgIpc) is 3.46. The van der Waals surface area contributed by atoms with Gasteiger partial charge >= 0.3 is 0 Å². The molecule has 6 nitrogen and oxygen atoms in total. The minimum atomic E-state index is -0.00120. The second-order valence-corrected chi connectivity index (χ2v) is 7.41. The molecule has 0 fully saturated rings. The van der Waals surface area contributed by atoms with Crippen LogP contribution in [0.1, 0.15) is 21.0 Å². The third-order valence-corrected chi connectivity index (χ3v) is 5.22. The fraction of sp³-hybridized carbons (Fsp3) is 0.154. The molecule has 0 saturated carbocycles. The number of aromatic nitrogens is 2. The van der Waals surface area contributed by atoms with Crippen molar-refractivity contribution in [1.82, 2.24) is 9.13 Å². The fourth-order valence-corrected chi connectivity index (χ4v) is 3.25. The van der Waals surface area contributed by atoms with Crippen molar-refractivity contribution in [2.24, 2.45) is 14.1 Å². The van der Waals surface area contributed by atoms with Crippen molar-refractivity contribution in [2.75, 3.05) is 23.9 Å². The number of hydrogen-bond acceptors (Lipinski definition) is 2. The summed E-state index contributed by atoms with van der Waals surface area (Å²) in [5.74, 6) is -0.00241. The van der Waals surface area contributed by atoms with E-state index in [1.165, 1.54) is 0 Å². The van der Waals surface area contributed by atoms with Crippen LogP contribution in [0.3, 0.4) is 0 Å². The van der Waals surface area contributed by atoms with Crippen molar-refractivity contribution >= 4 is 23.2 Å². The van der Waals surface area contributed by atoms with E-state index in [2.05, 4.69) is 0 Å². The number of amides is 2. The SMILES string of the molecule is CN(C(=O)c1cccn1C)c1ccccc1.CN(C(=O)c1cccn1C)c1ccccc1. The maximum atomic E-state index is 12.1. The second kappa shape index (κ2) is 10.3. The first kappa shape index (κ1) is 22.6. The first-order valence-electron chi connectivity index (χ1n) is 10.3. The van der Waals surface area contributed by atoms with Gasteiger partial charge in [-0.05, 0) is 48.5 Å². The summed E-state index contributed by atoms with van der Waals surface area (Å²) in [5.41, 5.74) is 3.17. The van der Waals surface area contributed by atoms with E-state index in [0.29, 0.717) is 11.4 Å². The number of aryl methyl sites for hydroxylation is 2. The van der Waals surface area contributed by atoms with Crippen molar-refractivity contribution in [2.45, 2.75) is 0 Å². The molecule has 0 bridgehead atoms. The summed E-state index contributed by atoms with van der Waals surface area (Å²) >= 11 is 0. The third-order valence-electron chi connectivity index (χ3n) is 5.22. The average molecular weight is 429 g/mol. The van der Waals surface area contributed by atoms with Crippen LogP contribution in [0.2, 0.25) is 0 Å². The van der Waals surface area contributed by atoms with Gasteiger partial charge in [0.1, 0.15) is 11.4 Å². The summed E-state index contributed by atoms with van der Waals surface area (Å²) in [6.45, 7) is 0. The highest BCUT2D eigenvalue weighted by atomic mass is 16.2. The van der Waals surface area contributed by atoms with Crippen molar-refractivity contribution in [1.29, 1.82) is 0 Å². The first-order valence-corrected chi connectivity index (χ1v) is 10.3. The highest BCUT2D eigenvalue weighted by molar-refractivity contribution is 6.05. The molecule has 0 aliphatic rings. The Labute approximate surface area is 188 Å². The van der Waals surface area contributed by atoms with E-state index in [1.807, 2.05) is 121 Å². The highest BCUT2D eigenvalue weighted by Crippen LogP contribution is 2.15. The molecular weight excluding hydrogens is 400 g/mol. The number of rotatable bonds is 4. The lowest BCUT2D eigenvalue weighted by Gasteiger charge is -2.17. The molecule has 32 heavy (non-hydrogen) atoms. The zero-order valence-electron chi connectivity index (χ0n) is 18.8. The Balaban J connectivity index is 0.000000181. The Morgan fingerprint density at radius 1 is 0.562 bits per heavy atom. The molecule has 2 amide bonds. The smallest absolute Gasteiger partial charge is 0.274 e. The summed E-state index contributed by atoms with van der Waals surface area (Å²) in [7, 11) is 7.30. The van der Waals surface area contributed by atoms with Crippen LogP contribution < -0.4 is 9.80 Å². The molecule has 0 spiro atoms. The minimum Gasteiger partial charge on any atom is -0.347 e. The predicted molar refractivity (Wildman–Crippen MR) is 129 cm³/mol. The van der Waals surface area contributed by atoms with Gasteiger partial charge in [0.15, 0.2) is 0 Å². The van der Waals surface area contributed by atoms with Crippen LogP contribution in [-0.4, -0.2) is 35.0 Å². The zero-order chi connectivity index (χ0) is 23.1. The summed E-state index contributed by atoms with van der Waals surface area (Å²) < 4.78 is 3.64. The minimum absolute atomic E-state index is 0.00120. The van der Waals surface area contributed by atoms with Gasteiger partial charge in [0, 0.05) is 52.0 Å². The van der Waals surface area contributed by atoms with E-state index in [9.17, 15) is 9.59 Å². The normalized spacial score (nSPS) is 10.1. The van der Waals surface area contributed by atoms with Gasteiger partial charge in [-0.3, -0.25) is 9.59 Å². The maximum Gasteiger partial charge on any atom is 0.274 e. The van der Waals surface area contributed by atoms with E-state index in [0.717, 1.165) is 11.4 Å². The largest absolute Gasteiger partial charge is 0.347 e. The molecule has 0 aliphatic heterocycles. The van der Waals surface area contributed by atoms with Crippen molar-refractivity contribution in [3.05, 3.63) is 109 Å². The van der Waals surface area contributed by atoms with Crippen molar-refractivity contribution < 1.29 is 9.59 Å². The van der Waals surface area contributed by atoms with E-state index in [1.54, 1.807) is 23.9 Å². The van der Waals surface area contributed by atoms with Gasteiger partial charge in [-0.15, -0.1) is 0 Å². The Kier molecular flexibility index (Phi) is 7.29. The standard InChI is InChI=1S/2C13H14N2O/c2*1-14-10-6-9-12(14)13(16)15(2)11-7-4-3-5-8-11/h2*3-10H,1-2H3. The van der Waals surface area contributed by atoms with E-state index < -0.39 is 0 Å². The molecule has 0 saturated heterocycles. The predicted octanol–water partition coefficient (Wildman–Crippen LogP) is 4.60. The Bertz CT molecular complexity index is 1070. The molecule has 164 valence electrons. The molecule has 0 aliphatic carbocycles. The number of carbonyl (C=O) groups is 2. The van der Waals surface area contributed by atoms with Gasteiger partial charge in [-0.25, -0.2) is 0 Å². The zero-order valence-corrected chi connectivity index (χ0v) is 18.8. The number of nitrogens with zero attached hydrogens (tertiary/aromatic N) is 4. The molecule has 4 aromatic rings. The van der Waals surface area contributed by atoms with E-state index in [-0.39, 0.29) is 11.8 Å². The van der Waals surface area contributed by atoms with Crippen LogP contribution in [0.5, 0.6) is 0 Å². The number of para-hydroxylation sites is 2. The Hall–Kier alpha value is -4.06. The summed E-state index contributed by atoms with van der Waals surface area (Å²) in [6, 6.07) is 26.6. The lowest BCUT2D eigenvalue weighted by atomic mass is 10.3. The lowest BCUT2D eigenvalue weighted by molar-refractivity contribution is 0.0977. The molecule has 2 aromatic carbocycles. The van der Waals surface area contributed by atoms with E-state index in [4.69, 9.17) is 0 Å². The lowest BCUT2D eigenvalue weighted by Crippen LogP contribution is -2.27. The molecule has 0 atom stereocenters. The molecule has 0 unspecified atom stereocenters. The number of benzene rings is 2. The summed E-state index contributed by atoms with van der Waals surface area (Å²) in [5, 5.41) is 0. The van der Waals surface area contributed by atoms with Gasteiger partial charge in [0.05, 0.1) is 0 Å². The molecule has 0 radical (unpaired) electrons. The van der Waals surface area contributed by atoms with Crippen LogP contribution in [0.15, 0.2) is 97.3 Å². The number of carbonyl (C=O) groups excluding carboxylic acids is 2. The number of hydrogen-bond donors (Lipinski definition) is 0. The van der Waals surface area contributed by atoms with Gasteiger partial charge < -0.3 is 18.9 Å².